The van der Waals surface area contributed by atoms with E-state index in [0.29, 0.717) is 12.1 Å². The lowest BCUT2D eigenvalue weighted by molar-refractivity contribution is -0.123. The normalized spacial score (nSPS) is 29.4. The Morgan fingerprint density at radius 1 is 1.33 bits per heavy atom. The molecule has 0 aliphatic carbocycles. The molecule has 0 aromatic carbocycles. The molecule has 0 aromatic rings. The quantitative estimate of drug-likeness (QED) is 0.701. The maximum Gasteiger partial charge on any atom is 0.171 e. The van der Waals surface area contributed by atoms with Crippen LogP contribution in [-0.2, 0) is 14.2 Å². The van der Waals surface area contributed by atoms with Crippen LogP contribution in [0.1, 0.15) is 26.7 Å². The molecule has 1 aliphatic rings. The second-order valence-corrected chi connectivity index (χ2v) is 4.20. The fourth-order valence-corrected chi connectivity index (χ4v) is 2.10. The van der Waals surface area contributed by atoms with E-state index < -0.39 is 0 Å². The summed E-state index contributed by atoms with van der Waals surface area (Å²) in [6.07, 6.45) is 2.30. The van der Waals surface area contributed by atoms with Gasteiger partial charge < -0.3 is 19.5 Å². The molecular weight excluding hydrogens is 194 g/mol. The highest BCUT2D eigenvalue weighted by Gasteiger charge is 2.23. The first-order valence-electron chi connectivity index (χ1n) is 5.60. The van der Waals surface area contributed by atoms with E-state index in [4.69, 9.17) is 14.2 Å². The predicted molar refractivity (Wildman–Crippen MR) is 58.8 cm³/mol. The number of hydrogen-bond acceptors (Lipinski definition) is 4. The Hall–Kier alpha value is -0.160. The second kappa shape index (κ2) is 6.43. The Labute approximate surface area is 92.3 Å². The number of nitrogens with one attached hydrogen (secondary N) is 1. The molecule has 0 spiro atoms. The van der Waals surface area contributed by atoms with Crippen molar-refractivity contribution < 1.29 is 14.2 Å². The van der Waals surface area contributed by atoms with Gasteiger partial charge in [0.05, 0.1) is 12.1 Å². The Morgan fingerprint density at radius 3 is 2.53 bits per heavy atom. The van der Waals surface area contributed by atoms with E-state index in [1.54, 1.807) is 14.2 Å². The van der Waals surface area contributed by atoms with Crippen LogP contribution in [0, 0.1) is 0 Å². The van der Waals surface area contributed by atoms with Crippen LogP contribution < -0.4 is 5.32 Å². The molecule has 0 bridgehead atoms. The van der Waals surface area contributed by atoms with Crippen molar-refractivity contribution in [2.75, 3.05) is 20.8 Å². The van der Waals surface area contributed by atoms with Crippen LogP contribution >= 0.6 is 0 Å². The molecule has 3 atom stereocenters. The lowest BCUT2D eigenvalue weighted by Gasteiger charge is -2.32. The van der Waals surface area contributed by atoms with Crippen molar-refractivity contribution in [2.45, 2.75) is 51.2 Å². The summed E-state index contributed by atoms with van der Waals surface area (Å²) in [5, 5.41) is 3.52. The van der Waals surface area contributed by atoms with E-state index >= 15 is 0 Å². The summed E-state index contributed by atoms with van der Waals surface area (Å²) in [4.78, 5) is 0. The molecule has 1 N–H and O–H groups in total. The minimum Gasteiger partial charge on any atom is -0.378 e. The molecular formula is C11H23NO3. The Morgan fingerprint density at radius 2 is 2.00 bits per heavy atom. The molecule has 4 heteroatoms. The van der Waals surface area contributed by atoms with Crippen molar-refractivity contribution in [3.05, 3.63) is 0 Å². The summed E-state index contributed by atoms with van der Waals surface area (Å²) in [7, 11) is 3.33. The van der Waals surface area contributed by atoms with Crippen molar-refractivity contribution in [3.8, 4) is 0 Å². The van der Waals surface area contributed by atoms with Crippen molar-refractivity contribution in [1.29, 1.82) is 0 Å². The highest BCUT2D eigenvalue weighted by molar-refractivity contribution is 4.78. The number of rotatable bonds is 5. The third kappa shape index (κ3) is 4.07. The summed E-state index contributed by atoms with van der Waals surface area (Å²) in [5.74, 6) is 0. The van der Waals surface area contributed by atoms with Gasteiger partial charge in [0.1, 0.15) is 0 Å². The fraction of sp³-hybridized carbons (Fsp3) is 1.00. The Balaban J connectivity index is 2.32. The van der Waals surface area contributed by atoms with E-state index in [0.717, 1.165) is 19.4 Å². The van der Waals surface area contributed by atoms with Gasteiger partial charge in [-0.3, -0.25) is 0 Å². The topological polar surface area (TPSA) is 39.7 Å². The molecule has 0 amide bonds. The van der Waals surface area contributed by atoms with Crippen LogP contribution in [0.4, 0.5) is 0 Å². The average molecular weight is 217 g/mol. The molecule has 0 aromatic heterocycles. The van der Waals surface area contributed by atoms with Crippen molar-refractivity contribution in [2.24, 2.45) is 0 Å². The minimum absolute atomic E-state index is 0.178. The zero-order valence-corrected chi connectivity index (χ0v) is 10.2. The predicted octanol–water partition coefficient (Wildman–Crippen LogP) is 1.15. The molecule has 1 heterocycles. The molecule has 0 saturated carbocycles. The zero-order valence-electron chi connectivity index (χ0n) is 10.2. The van der Waals surface area contributed by atoms with Gasteiger partial charge in [0.15, 0.2) is 6.29 Å². The summed E-state index contributed by atoms with van der Waals surface area (Å²) in [6.45, 7) is 5.04. The molecule has 4 nitrogen and oxygen atoms in total. The van der Waals surface area contributed by atoms with Crippen LogP contribution in [0.5, 0.6) is 0 Å². The monoisotopic (exact) mass is 217 g/mol. The number of methoxy groups -OCH3 is 2. The maximum atomic E-state index is 5.50. The van der Waals surface area contributed by atoms with Gasteiger partial charge in [-0.15, -0.1) is 0 Å². The van der Waals surface area contributed by atoms with Crippen molar-refractivity contribution >= 4 is 0 Å². The Bertz CT molecular complexity index is 173. The largest absolute Gasteiger partial charge is 0.378 e. The van der Waals surface area contributed by atoms with Crippen molar-refractivity contribution in [1.82, 2.24) is 5.32 Å². The SMILES string of the molecule is COC(OC)C(C)NC1CCOC(C)C1. The Kier molecular flexibility index (Phi) is 5.53. The second-order valence-electron chi connectivity index (χ2n) is 4.20. The zero-order chi connectivity index (χ0) is 11.3. The smallest absolute Gasteiger partial charge is 0.171 e. The highest BCUT2D eigenvalue weighted by atomic mass is 16.7. The first kappa shape index (κ1) is 12.9. The molecule has 1 saturated heterocycles. The van der Waals surface area contributed by atoms with Crippen LogP contribution in [-0.4, -0.2) is 45.3 Å². The third-order valence-electron chi connectivity index (χ3n) is 2.86. The maximum absolute atomic E-state index is 5.50. The van der Waals surface area contributed by atoms with E-state index in [1.165, 1.54) is 0 Å². The molecule has 1 aliphatic heterocycles. The van der Waals surface area contributed by atoms with Crippen molar-refractivity contribution in [3.63, 3.8) is 0 Å². The van der Waals surface area contributed by atoms with Crippen LogP contribution in [0.2, 0.25) is 0 Å². The summed E-state index contributed by atoms with van der Waals surface area (Å²) >= 11 is 0. The highest BCUT2D eigenvalue weighted by Crippen LogP contribution is 2.14. The van der Waals surface area contributed by atoms with Crippen LogP contribution in [0.3, 0.4) is 0 Å². The van der Waals surface area contributed by atoms with Gasteiger partial charge in [0.2, 0.25) is 0 Å². The van der Waals surface area contributed by atoms with E-state index in [2.05, 4.69) is 19.2 Å². The molecule has 0 radical (unpaired) electrons. The standard InChI is InChI=1S/C11H23NO3/c1-8-7-10(5-6-15-8)12-9(2)11(13-3)14-4/h8-12H,5-7H2,1-4H3. The lowest BCUT2D eigenvalue weighted by Crippen LogP contribution is -2.48. The lowest BCUT2D eigenvalue weighted by atomic mass is 10.0. The van der Waals surface area contributed by atoms with E-state index in [1.807, 2.05) is 0 Å². The van der Waals surface area contributed by atoms with Gasteiger partial charge in [-0.1, -0.05) is 0 Å². The fourth-order valence-electron chi connectivity index (χ4n) is 2.10. The first-order chi connectivity index (χ1) is 7.17. The molecule has 90 valence electrons. The van der Waals surface area contributed by atoms with E-state index in [9.17, 15) is 0 Å². The first-order valence-corrected chi connectivity index (χ1v) is 5.60. The molecule has 15 heavy (non-hydrogen) atoms. The van der Waals surface area contributed by atoms with Crippen LogP contribution in [0.25, 0.3) is 0 Å². The minimum atomic E-state index is -0.178. The van der Waals surface area contributed by atoms with Gasteiger partial charge in [-0.25, -0.2) is 0 Å². The summed E-state index contributed by atoms with van der Waals surface area (Å²) < 4.78 is 15.9. The van der Waals surface area contributed by atoms with E-state index in [-0.39, 0.29) is 12.3 Å². The van der Waals surface area contributed by atoms with Gasteiger partial charge in [0.25, 0.3) is 0 Å². The van der Waals surface area contributed by atoms with Gasteiger partial charge in [-0.05, 0) is 26.7 Å². The molecule has 1 rings (SSSR count). The number of ether oxygens (including phenoxy) is 3. The molecule has 3 unspecified atom stereocenters. The average Bonchev–Trinajstić information content (AvgIpc) is 2.19. The summed E-state index contributed by atoms with van der Waals surface area (Å²) in [5.41, 5.74) is 0. The third-order valence-corrected chi connectivity index (χ3v) is 2.86. The van der Waals surface area contributed by atoms with Gasteiger partial charge in [0, 0.05) is 26.9 Å². The summed E-state index contributed by atoms with van der Waals surface area (Å²) in [6, 6.07) is 0.715. The number of hydrogen-bond donors (Lipinski definition) is 1. The van der Waals surface area contributed by atoms with Crippen LogP contribution in [0.15, 0.2) is 0 Å². The van der Waals surface area contributed by atoms with Gasteiger partial charge in [-0.2, -0.15) is 0 Å². The molecule has 1 fully saturated rings. The van der Waals surface area contributed by atoms with Gasteiger partial charge >= 0.3 is 0 Å².